The monoisotopic (exact) mass is 348 g/mol. The van der Waals surface area contributed by atoms with Crippen LogP contribution in [0.15, 0.2) is 42.2 Å². The zero-order valence-electron chi connectivity index (χ0n) is 14.3. The fourth-order valence-electron chi connectivity index (χ4n) is 2.35. The maximum Gasteiger partial charge on any atom is 0.286 e. The van der Waals surface area contributed by atoms with Gasteiger partial charge >= 0.3 is 0 Å². The van der Waals surface area contributed by atoms with E-state index >= 15 is 0 Å². The predicted molar refractivity (Wildman–Crippen MR) is 91.7 cm³/mol. The van der Waals surface area contributed by atoms with E-state index in [2.05, 4.69) is 5.32 Å². The van der Waals surface area contributed by atoms with Crippen LogP contribution in [0.1, 0.15) is 12.5 Å². The number of nitrogens with two attached hydrogens (primary N) is 1. The second kappa shape index (κ2) is 9.31. The molecule has 1 aromatic carbocycles. The number of nitrogens with one attached hydrogen (secondary N) is 1. The van der Waals surface area contributed by atoms with Crippen LogP contribution in [0.3, 0.4) is 0 Å². The molecule has 1 amide bonds. The van der Waals surface area contributed by atoms with Crippen LogP contribution in [0.5, 0.6) is 0 Å². The van der Waals surface area contributed by atoms with Crippen molar-refractivity contribution in [1.82, 2.24) is 5.32 Å². The van der Waals surface area contributed by atoms with Gasteiger partial charge in [0.1, 0.15) is 0 Å². The van der Waals surface area contributed by atoms with Gasteiger partial charge in [-0.1, -0.05) is 30.3 Å². The first-order valence-corrected chi connectivity index (χ1v) is 8.22. The summed E-state index contributed by atoms with van der Waals surface area (Å²) in [5.74, 6) is -0.671. The molecular weight excluding hydrogens is 324 g/mol. The third kappa shape index (κ3) is 5.12. The van der Waals surface area contributed by atoms with Gasteiger partial charge in [-0.15, -0.1) is 0 Å². The van der Waals surface area contributed by atoms with Gasteiger partial charge in [-0.25, -0.2) is 0 Å². The van der Waals surface area contributed by atoms with Gasteiger partial charge in [-0.2, -0.15) is 0 Å². The zero-order chi connectivity index (χ0) is 18.1. The third-order valence-corrected chi connectivity index (χ3v) is 3.76. The quantitative estimate of drug-likeness (QED) is 0.597. The van der Waals surface area contributed by atoms with Crippen LogP contribution in [0.25, 0.3) is 0 Å². The largest absolute Gasteiger partial charge is 0.469 e. The summed E-state index contributed by atoms with van der Waals surface area (Å²) >= 11 is 0. The molecule has 25 heavy (non-hydrogen) atoms. The first kappa shape index (κ1) is 19.1. The Morgan fingerprint density at radius 1 is 1.16 bits per heavy atom. The van der Waals surface area contributed by atoms with Crippen molar-refractivity contribution in [3.05, 3.63) is 47.7 Å². The van der Waals surface area contributed by atoms with Crippen molar-refractivity contribution in [3.8, 4) is 0 Å². The van der Waals surface area contributed by atoms with E-state index in [1.54, 1.807) is 19.1 Å². The van der Waals surface area contributed by atoms with E-state index < -0.39 is 11.5 Å². The molecular formula is C18H24N2O5. The molecule has 0 spiro atoms. The summed E-state index contributed by atoms with van der Waals surface area (Å²) in [6, 6.07) is 9.10. The molecule has 1 atom stereocenters. The minimum atomic E-state index is -1.16. The van der Waals surface area contributed by atoms with E-state index in [9.17, 15) is 9.59 Å². The van der Waals surface area contributed by atoms with Crippen molar-refractivity contribution in [2.45, 2.75) is 12.5 Å². The van der Waals surface area contributed by atoms with Crippen LogP contribution in [0.4, 0.5) is 0 Å². The number of benzene rings is 1. The van der Waals surface area contributed by atoms with Crippen LogP contribution < -0.4 is 11.1 Å². The summed E-state index contributed by atoms with van der Waals surface area (Å²) in [5.41, 5.74) is 4.84. The second-order valence-electron chi connectivity index (χ2n) is 5.64. The summed E-state index contributed by atoms with van der Waals surface area (Å²) < 4.78 is 16.1. The fourth-order valence-corrected chi connectivity index (χ4v) is 2.35. The standard InChI is InChI=1S/C18H24N2O5/c1-18(14-5-3-2-4-6-14)16(21)13-15(25-18)17(22)20-8-10-24-12-11-23-9-7-19/h2-6,13H,7-12,19H2,1H3,(H,20,22). The molecule has 1 heterocycles. The Balaban J connectivity index is 1.74. The van der Waals surface area contributed by atoms with E-state index in [1.165, 1.54) is 6.08 Å². The highest BCUT2D eigenvalue weighted by atomic mass is 16.5. The van der Waals surface area contributed by atoms with E-state index in [0.717, 1.165) is 0 Å². The molecule has 0 aliphatic carbocycles. The van der Waals surface area contributed by atoms with Gasteiger partial charge in [0.15, 0.2) is 11.4 Å². The average molecular weight is 348 g/mol. The van der Waals surface area contributed by atoms with Crippen molar-refractivity contribution in [2.75, 3.05) is 39.5 Å². The Morgan fingerprint density at radius 2 is 1.84 bits per heavy atom. The molecule has 0 aromatic heterocycles. The Hall–Kier alpha value is -2.22. The lowest BCUT2D eigenvalue weighted by molar-refractivity contribution is -0.132. The van der Waals surface area contributed by atoms with Crippen molar-refractivity contribution < 1.29 is 23.8 Å². The lowest BCUT2D eigenvalue weighted by Gasteiger charge is -2.23. The summed E-state index contributed by atoms with van der Waals surface area (Å²) in [6.07, 6.45) is 1.24. The van der Waals surface area contributed by atoms with Gasteiger partial charge in [0.25, 0.3) is 5.91 Å². The summed E-state index contributed by atoms with van der Waals surface area (Å²) in [7, 11) is 0. The molecule has 1 aliphatic rings. The van der Waals surface area contributed by atoms with Crippen LogP contribution in [-0.2, 0) is 29.4 Å². The molecule has 0 radical (unpaired) electrons. The van der Waals surface area contributed by atoms with Crippen LogP contribution >= 0.6 is 0 Å². The maximum atomic E-state index is 12.3. The van der Waals surface area contributed by atoms with E-state index in [0.29, 0.717) is 45.1 Å². The van der Waals surface area contributed by atoms with Crippen molar-refractivity contribution in [3.63, 3.8) is 0 Å². The maximum absolute atomic E-state index is 12.3. The number of carbonyl (C=O) groups is 2. The van der Waals surface area contributed by atoms with Gasteiger partial charge in [-0.05, 0) is 6.92 Å². The van der Waals surface area contributed by atoms with E-state index in [4.69, 9.17) is 19.9 Å². The fraction of sp³-hybridized carbons (Fsp3) is 0.444. The van der Waals surface area contributed by atoms with Crippen LogP contribution in [0.2, 0.25) is 0 Å². The molecule has 0 fully saturated rings. The Morgan fingerprint density at radius 3 is 2.52 bits per heavy atom. The molecule has 1 aromatic rings. The Kier molecular flexibility index (Phi) is 7.12. The smallest absolute Gasteiger partial charge is 0.286 e. The minimum absolute atomic E-state index is 0.0163. The number of rotatable bonds is 10. The highest BCUT2D eigenvalue weighted by Gasteiger charge is 2.43. The number of carbonyl (C=O) groups excluding carboxylic acids is 2. The van der Waals surface area contributed by atoms with E-state index in [-0.39, 0.29) is 11.5 Å². The van der Waals surface area contributed by atoms with Gasteiger partial charge < -0.3 is 25.3 Å². The summed E-state index contributed by atoms with van der Waals surface area (Å²) in [6.45, 7) is 4.18. The van der Waals surface area contributed by atoms with Crippen molar-refractivity contribution in [2.24, 2.45) is 5.73 Å². The normalized spacial score (nSPS) is 19.4. The van der Waals surface area contributed by atoms with Crippen LogP contribution in [0, 0.1) is 0 Å². The second-order valence-corrected chi connectivity index (χ2v) is 5.64. The molecule has 7 nitrogen and oxygen atoms in total. The van der Waals surface area contributed by atoms with Gasteiger partial charge in [-0.3, -0.25) is 9.59 Å². The predicted octanol–water partition coefficient (Wildman–Crippen LogP) is 0.493. The molecule has 2 rings (SSSR count). The number of hydrogen-bond acceptors (Lipinski definition) is 6. The third-order valence-electron chi connectivity index (χ3n) is 3.76. The average Bonchev–Trinajstić information content (AvgIpc) is 2.94. The molecule has 0 bridgehead atoms. The van der Waals surface area contributed by atoms with E-state index in [1.807, 2.05) is 18.2 Å². The van der Waals surface area contributed by atoms with Gasteiger partial charge in [0, 0.05) is 24.7 Å². The number of ketones is 1. The van der Waals surface area contributed by atoms with Crippen LogP contribution in [-0.4, -0.2) is 51.2 Å². The Labute approximate surface area is 147 Å². The molecule has 1 aliphatic heterocycles. The molecule has 1 unspecified atom stereocenters. The number of amides is 1. The molecule has 0 saturated heterocycles. The highest BCUT2D eigenvalue weighted by Crippen LogP contribution is 2.34. The molecule has 0 saturated carbocycles. The van der Waals surface area contributed by atoms with Crippen molar-refractivity contribution >= 4 is 11.7 Å². The zero-order valence-corrected chi connectivity index (χ0v) is 14.3. The first-order valence-electron chi connectivity index (χ1n) is 8.22. The number of hydrogen-bond donors (Lipinski definition) is 2. The summed E-state index contributed by atoms with van der Waals surface area (Å²) in [4.78, 5) is 24.4. The molecule has 3 N–H and O–H groups in total. The SMILES string of the molecule is CC1(c2ccccc2)OC(C(=O)NCCOCCOCCN)=CC1=O. The lowest BCUT2D eigenvalue weighted by atomic mass is 9.92. The minimum Gasteiger partial charge on any atom is -0.469 e. The number of ether oxygens (including phenoxy) is 3. The summed E-state index contributed by atoms with van der Waals surface area (Å²) in [5, 5.41) is 2.67. The topological polar surface area (TPSA) is 99.9 Å². The molecule has 7 heteroatoms. The van der Waals surface area contributed by atoms with Gasteiger partial charge in [0.05, 0.1) is 26.4 Å². The first-order chi connectivity index (χ1) is 12.1. The van der Waals surface area contributed by atoms with Crippen molar-refractivity contribution in [1.29, 1.82) is 0 Å². The highest BCUT2D eigenvalue weighted by molar-refractivity contribution is 6.07. The Bertz CT molecular complexity index is 617. The lowest BCUT2D eigenvalue weighted by Crippen LogP contribution is -2.33. The van der Waals surface area contributed by atoms with Gasteiger partial charge in [0.2, 0.25) is 5.78 Å². The molecule has 136 valence electrons.